The first-order valence-corrected chi connectivity index (χ1v) is 10.1. The van der Waals surface area contributed by atoms with Gasteiger partial charge in [-0.15, -0.1) is 11.3 Å². The molecular formula is C16H18N2O5S2. The van der Waals surface area contributed by atoms with Gasteiger partial charge in [0.1, 0.15) is 0 Å². The van der Waals surface area contributed by atoms with E-state index in [-0.39, 0.29) is 23.0 Å². The number of aromatic carboxylic acids is 1. The minimum Gasteiger partial charge on any atom is -0.476 e. The van der Waals surface area contributed by atoms with Gasteiger partial charge in [-0.25, -0.2) is 18.2 Å². The summed E-state index contributed by atoms with van der Waals surface area (Å²) in [5.41, 5.74) is 1.73. The topological polar surface area (TPSA) is 113 Å². The second kappa shape index (κ2) is 7.32. The molecule has 2 rings (SSSR count). The average molecular weight is 382 g/mol. The summed E-state index contributed by atoms with van der Waals surface area (Å²) in [4.78, 5) is 27.2. The van der Waals surface area contributed by atoms with Crippen LogP contribution < -0.4 is 5.32 Å². The van der Waals surface area contributed by atoms with Crippen molar-refractivity contribution in [3.8, 4) is 0 Å². The van der Waals surface area contributed by atoms with Crippen LogP contribution in [-0.2, 0) is 16.3 Å². The number of benzene rings is 1. The van der Waals surface area contributed by atoms with Gasteiger partial charge in [0.05, 0.1) is 9.90 Å². The summed E-state index contributed by atoms with van der Waals surface area (Å²) in [6.45, 7) is 3.78. The largest absolute Gasteiger partial charge is 0.476 e. The number of carboxylic acids is 1. The quantitative estimate of drug-likeness (QED) is 0.788. The van der Waals surface area contributed by atoms with Gasteiger partial charge in [-0.2, -0.15) is 0 Å². The maximum atomic E-state index is 12.4. The summed E-state index contributed by atoms with van der Waals surface area (Å²) in [5, 5.41) is 13.6. The van der Waals surface area contributed by atoms with Gasteiger partial charge in [-0.05, 0) is 37.1 Å². The van der Waals surface area contributed by atoms with Crippen LogP contribution in [0.2, 0.25) is 0 Å². The van der Waals surface area contributed by atoms with Crippen LogP contribution in [0.4, 0.5) is 0 Å². The lowest BCUT2D eigenvalue weighted by Gasteiger charge is -2.11. The predicted octanol–water partition coefficient (Wildman–Crippen LogP) is 1.83. The summed E-state index contributed by atoms with van der Waals surface area (Å²) in [5.74, 6) is -1.46. The lowest BCUT2D eigenvalue weighted by Crippen LogP contribution is -2.27. The number of carbonyl (C=O) groups excluding carboxylic acids is 1. The van der Waals surface area contributed by atoms with Gasteiger partial charge in [-0.3, -0.25) is 4.79 Å². The lowest BCUT2D eigenvalue weighted by molar-refractivity contribution is 0.0690. The molecule has 0 aliphatic heterocycles. The molecule has 1 aromatic carbocycles. The standard InChI is InChI=1S/C16H18N2O5S2/c1-9-6-11(25(3,22)23)7-12(10(9)2)15(19)17-5-4-14-18-13(8-24-14)16(20)21/h6-8H,4-5H2,1-3H3,(H,17,19)(H,20,21). The molecule has 0 saturated carbocycles. The highest BCUT2D eigenvalue weighted by Crippen LogP contribution is 2.20. The molecule has 134 valence electrons. The summed E-state index contributed by atoms with van der Waals surface area (Å²) in [6, 6.07) is 2.92. The van der Waals surface area contributed by atoms with Crippen LogP contribution >= 0.6 is 11.3 Å². The Hall–Kier alpha value is -2.26. The zero-order valence-corrected chi connectivity index (χ0v) is 15.6. The highest BCUT2D eigenvalue weighted by Gasteiger charge is 2.17. The first-order valence-electron chi connectivity index (χ1n) is 7.37. The van der Waals surface area contributed by atoms with Crippen LogP contribution in [0.15, 0.2) is 22.4 Å². The van der Waals surface area contributed by atoms with Crippen LogP contribution in [0.25, 0.3) is 0 Å². The Balaban J connectivity index is 2.10. The number of aromatic nitrogens is 1. The Morgan fingerprint density at radius 3 is 2.52 bits per heavy atom. The molecule has 0 fully saturated rings. The third kappa shape index (κ3) is 4.64. The van der Waals surface area contributed by atoms with Gasteiger partial charge in [0.2, 0.25) is 0 Å². The Bertz CT molecular complexity index is 932. The van der Waals surface area contributed by atoms with Crippen LogP contribution in [0, 0.1) is 13.8 Å². The maximum Gasteiger partial charge on any atom is 0.355 e. The molecule has 2 aromatic rings. The number of hydrogen-bond donors (Lipinski definition) is 2. The van der Waals surface area contributed by atoms with Crippen molar-refractivity contribution in [1.29, 1.82) is 0 Å². The normalized spacial score (nSPS) is 11.3. The highest BCUT2D eigenvalue weighted by atomic mass is 32.2. The molecule has 0 aliphatic carbocycles. The molecule has 25 heavy (non-hydrogen) atoms. The van der Waals surface area contributed by atoms with Gasteiger partial charge >= 0.3 is 5.97 Å². The van der Waals surface area contributed by atoms with Gasteiger partial charge in [0.25, 0.3) is 5.91 Å². The van der Waals surface area contributed by atoms with Crippen molar-refractivity contribution in [2.75, 3.05) is 12.8 Å². The average Bonchev–Trinajstić information content (AvgIpc) is 2.97. The molecule has 0 saturated heterocycles. The fourth-order valence-corrected chi connectivity index (χ4v) is 3.67. The maximum absolute atomic E-state index is 12.4. The lowest BCUT2D eigenvalue weighted by atomic mass is 10.0. The highest BCUT2D eigenvalue weighted by molar-refractivity contribution is 7.90. The zero-order valence-electron chi connectivity index (χ0n) is 14.0. The second-order valence-electron chi connectivity index (χ2n) is 5.62. The second-order valence-corrected chi connectivity index (χ2v) is 8.58. The molecular weight excluding hydrogens is 364 g/mol. The molecule has 0 atom stereocenters. The molecule has 1 amide bonds. The number of carbonyl (C=O) groups is 2. The number of nitrogens with one attached hydrogen (secondary N) is 1. The fourth-order valence-electron chi connectivity index (χ4n) is 2.18. The Morgan fingerprint density at radius 1 is 1.28 bits per heavy atom. The summed E-state index contributed by atoms with van der Waals surface area (Å²) >= 11 is 1.21. The molecule has 9 heteroatoms. The van der Waals surface area contributed by atoms with Crippen molar-refractivity contribution in [3.63, 3.8) is 0 Å². The van der Waals surface area contributed by atoms with Crippen molar-refractivity contribution in [3.05, 3.63) is 44.9 Å². The van der Waals surface area contributed by atoms with E-state index in [1.807, 2.05) is 0 Å². The third-order valence-corrected chi connectivity index (χ3v) is 5.71. The van der Waals surface area contributed by atoms with E-state index in [1.165, 1.54) is 22.8 Å². The molecule has 0 aliphatic rings. The number of aryl methyl sites for hydroxylation is 1. The monoisotopic (exact) mass is 382 g/mol. The first-order chi connectivity index (χ1) is 11.6. The van der Waals surface area contributed by atoms with E-state index in [4.69, 9.17) is 5.11 Å². The molecule has 1 aromatic heterocycles. The molecule has 0 radical (unpaired) electrons. The van der Waals surface area contributed by atoms with E-state index in [9.17, 15) is 18.0 Å². The number of rotatable bonds is 6. The molecule has 7 nitrogen and oxygen atoms in total. The number of nitrogens with zero attached hydrogens (tertiary/aromatic N) is 1. The van der Waals surface area contributed by atoms with Gasteiger partial charge in [-0.1, -0.05) is 0 Å². The van der Waals surface area contributed by atoms with Crippen molar-refractivity contribution < 1.29 is 23.1 Å². The van der Waals surface area contributed by atoms with Crippen molar-refractivity contribution >= 4 is 33.1 Å². The van der Waals surface area contributed by atoms with Crippen molar-refractivity contribution in [2.45, 2.75) is 25.2 Å². The number of amides is 1. The number of hydrogen-bond acceptors (Lipinski definition) is 6. The molecule has 0 bridgehead atoms. The molecule has 1 heterocycles. The summed E-state index contributed by atoms with van der Waals surface area (Å²) < 4.78 is 23.5. The van der Waals surface area contributed by atoms with Gasteiger partial charge in [0, 0.05) is 30.2 Å². The number of carboxylic acid groups (broad SMARTS) is 1. The van der Waals surface area contributed by atoms with E-state index in [0.29, 0.717) is 22.6 Å². The van der Waals surface area contributed by atoms with Crippen LogP contribution in [0.3, 0.4) is 0 Å². The van der Waals surface area contributed by atoms with Gasteiger partial charge < -0.3 is 10.4 Å². The fraction of sp³-hybridized carbons (Fsp3) is 0.312. The molecule has 0 spiro atoms. The summed E-state index contributed by atoms with van der Waals surface area (Å²) in [7, 11) is -3.41. The number of thiazole rings is 1. The van der Waals surface area contributed by atoms with E-state index in [0.717, 1.165) is 11.8 Å². The van der Waals surface area contributed by atoms with E-state index >= 15 is 0 Å². The van der Waals surface area contributed by atoms with Crippen LogP contribution in [0.1, 0.15) is 37.0 Å². The molecule has 0 unspecified atom stereocenters. The smallest absolute Gasteiger partial charge is 0.355 e. The van der Waals surface area contributed by atoms with Gasteiger partial charge in [0.15, 0.2) is 15.5 Å². The van der Waals surface area contributed by atoms with E-state index in [1.54, 1.807) is 19.9 Å². The Labute approximate surface area is 149 Å². The SMILES string of the molecule is Cc1cc(S(C)(=O)=O)cc(C(=O)NCCc2nc(C(=O)O)cs2)c1C. The van der Waals surface area contributed by atoms with E-state index in [2.05, 4.69) is 10.3 Å². The van der Waals surface area contributed by atoms with Crippen molar-refractivity contribution in [1.82, 2.24) is 10.3 Å². The van der Waals surface area contributed by atoms with Crippen molar-refractivity contribution in [2.24, 2.45) is 0 Å². The summed E-state index contributed by atoms with van der Waals surface area (Å²) in [6.07, 6.45) is 1.49. The van der Waals surface area contributed by atoms with Crippen LogP contribution in [-0.4, -0.2) is 43.2 Å². The third-order valence-electron chi connectivity index (χ3n) is 3.71. The van der Waals surface area contributed by atoms with Crippen LogP contribution in [0.5, 0.6) is 0 Å². The minimum atomic E-state index is -3.41. The minimum absolute atomic E-state index is 0.0151. The van der Waals surface area contributed by atoms with E-state index < -0.39 is 15.8 Å². The Morgan fingerprint density at radius 2 is 1.96 bits per heavy atom. The molecule has 2 N–H and O–H groups in total. The Kier molecular flexibility index (Phi) is 5.58. The predicted molar refractivity (Wildman–Crippen MR) is 94.1 cm³/mol. The first kappa shape index (κ1) is 19.1. The zero-order chi connectivity index (χ0) is 18.8. The number of sulfone groups is 1.